The van der Waals surface area contributed by atoms with E-state index in [4.69, 9.17) is 4.42 Å². The second-order valence-corrected chi connectivity index (χ2v) is 5.42. The molecule has 0 aliphatic carbocycles. The Labute approximate surface area is 122 Å². The smallest absolute Gasteiger partial charge is 0.298 e. The monoisotopic (exact) mass is 283 g/mol. The molecule has 1 aromatic carbocycles. The van der Waals surface area contributed by atoms with Gasteiger partial charge in [-0.15, -0.1) is 0 Å². The molecule has 6 nitrogen and oxygen atoms in total. The number of piperidine rings is 1. The first kappa shape index (κ1) is 12.4. The predicted octanol–water partition coefficient (Wildman–Crippen LogP) is 2.48. The van der Waals surface area contributed by atoms with Gasteiger partial charge in [0.15, 0.2) is 5.58 Å². The molecule has 1 aliphatic heterocycles. The van der Waals surface area contributed by atoms with E-state index in [-0.39, 0.29) is 0 Å². The highest BCUT2D eigenvalue weighted by atomic mass is 16.4. The van der Waals surface area contributed by atoms with Crippen molar-refractivity contribution in [2.45, 2.75) is 31.8 Å². The summed E-state index contributed by atoms with van der Waals surface area (Å²) in [5.74, 6) is 0. The SMILES string of the molecule is c1ccc2oc(N3CCCC[C@@H]3Cn3cncn3)nc2c1. The maximum absolute atomic E-state index is 5.93. The molecule has 0 spiro atoms. The summed E-state index contributed by atoms with van der Waals surface area (Å²) in [5, 5.41) is 4.21. The van der Waals surface area contributed by atoms with Gasteiger partial charge in [0.2, 0.25) is 0 Å². The number of hydrogen-bond donors (Lipinski definition) is 0. The van der Waals surface area contributed by atoms with Crippen molar-refractivity contribution in [1.82, 2.24) is 19.7 Å². The van der Waals surface area contributed by atoms with Crippen LogP contribution < -0.4 is 4.90 Å². The molecule has 1 atom stereocenters. The molecular weight excluding hydrogens is 266 g/mol. The Morgan fingerprint density at radius 3 is 3.05 bits per heavy atom. The quantitative estimate of drug-likeness (QED) is 0.739. The van der Waals surface area contributed by atoms with Crippen molar-refractivity contribution >= 4 is 17.1 Å². The lowest BCUT2D eigenvalue weighted by Gasteiger charge is -2.34. The van der Waals surface area contributed by atoms with E-state index in [0.717, 1.165) is 36.6 Å². The highest BCUT2D eigenvalue weighted by molar-refractivity contribution is 5.74. The van der Waals surface area contributed by atoms with Gasteiger partial charge in [-0.05, 0) is 31.4 Å². The molecule has 0 radical (unpaired) electrons. The fourth-order valence-electron chi connectivity index (χ4n) is 2.97. The zero-order valence-electron chi connectivity index (χ0n) is 11.7. The summed E-state index contributed by atoms with van der Waals surface area (Å²) in [5.41, 5.74) is 1.76. The van der Waals surface area contributed by atoms with Crippen LogP contribution in [-0.4, -0.2) is 32.3 Å². The fraction of sp³-hybridized carbons (Fsp3) is 0.400. The van der Waals surface area contributed by atoms with Crippen molar-refractivity contribution in [3.63, 3.8) is 0 Å². The molecule has 1 aliphatic rings. The molecule has 3 heterocycles. The molecule has 4 rings (SSSR count). The standard InChI is InChI=1S/C15H17N5O/c1-2-7-14-13(6-1)18-15(21-14)20-8-4-3-5-12(20)9-19-11-16-10-17-19/h1-2,6-7,10-12H,3-5,8-9H2/t12-/m1/s1. The van der Waals surface area contributed by atoms with Crippen LogP contribution in [0.1, 0.15) is 19.3 Å². The molecule has 1 fully saturated rings. The average molecular weight is 283 g/mol. The van der Waals surface area contributed by atoms with Gasteiger partial charge in [-0.2, -0.15) is 10.1 Å². The van der Waals surface area contributed by atoms with Gasteiger partial charge in [-0.1, -0.05) is 12.1 Å². The van der Waals surface area contributed by atoms with Crippen molar-refractivity contribution in [1.29, 1.82) is 0 Å². The van der Waals surface area contributed by atoms with Crippen LogP contribution in [0.4, 0.5) is 6.01 Å². The van der Waals surface area contributed by atoms with E-state index in [1.165, 1.54) is 12.8 Å². The van der Waals surface area contributed by atoms with E-state index in [0.29, 0.717) is 6.04 Å². The average Bonchev–Trinajstić information content (AvgIpc) is 3.16. The minimum Gasteiger partial charge on any atom is -0.423 e. The van der Waals surface area contributed by atoms with E-state index >= 15 is 0 Å². The summed E-state index contributed by atoms with van der Waals surface area (Å²) in [6.45, 7) is 1.80. The number of anilines is 1. The maximum Gasteiger partial charge on any atom is 0.298 e. The van der Waals surface area contributed by atoms with Crippen molar-refractivity contribution in [3.05, 3.63) is 36.9 Å². The Balaban J connectivity index is 1.63. The van der Waals surface area contributed by atoms with Gasteiger partial charge in [0.25, 0.3) is 6.01 Å². The van der Waals surface area contributed by atoms with Gasteiger partial charge in [-0.25, -0.2) is 4.98 Å². The summed E-state index contributed by atoms with van der Waals surface area (Å²) in [6, 6.07) is 8.98. The molecule has 1 saturated heterocycles. The normalized spacial score (nSPS) is 19.2. The Morgan fingerprint density at radius 2 is 2.19 bits per heavy atom. The first-order chi connectivity index (χ1) is 10.4. The molecule has 0 bridgehead atoms. The molecule has 108 valence electrons. The first-order valence-electron chi connectivity index (χ1n) is 7.35. The highest BCUT2D eigenvalue weighted by Gasteiger charge is 2.26. The number of fused-ring (bicyclic) bond motifs is 1. The molecule has 0 amide bonds. The highest BCUT2D eigenvalue weighted by Crippen LogP contribution is 2.28. The predicted molar refractivity (Wildman–Crippen MR) is 79.0 cm³/mol. The van der Waals surface area contributed by atoms with Gasteiger partial charge >= 0.3 is 0 Å². The van der Waals surface area contributed by atoms with Gasteiger partial charge in [0, 0.05) is 6.54 Å². The van der Waals surface area contributed by atoms with Crippen molar-refractivity contribution in [2.24, 2.45) is 0 Å². The fourth-order valence-corrected chi connectivity index (χ4v) is 2.97. The van der Waals surface area contributed by atoms with Crippen molar-refractivity contribution in [3.8, 4) is 0 Å². The van der Waals surface area contributed by atoms with Gasteiger partial charge < -0.3 is 9.32 Å². The van der Waals surface area contributed by atoms with Crippen LogP contribution in [0.15, 0.2) is 41.3 Å². The molecule has 6 heteroatoms. The number of benzene rings is 1. The maximum atomic E-state index is 5.93. The third-order valence-corrected chi connectivity index (χ3v) is 4.02. The summed E-state index contributed by atoms with van der Waals surface area (Å²) in [6.07, 6.45) is 6.87. The third-order valence-electron chi connectivity index (χ3n) is 4.02. The lowest BCUT2D eigenvalue weighted by atomic mass is 10.0. The molecule has 2 aromatic heterocycles. The zero-order chi connectivity index (χ0) is 14.1. The zero-order valence-corrected chi connectivity index (χ0v) is 11.7. The Hall–Kier alpha value is -2.37. The largest absolute Gasteiger partial charge is 0.423 e. The summed E-state index contributed by atoms with van der Waals surface area (Å²) in [7, 11) is 0. The lowest BCUT2D eigenvalue weighted by Crippen LogP contribution is -2.42. The first-order valence-corrected chi connectivity index (χ1v) is 7.35. The van der Waals surface area contributed by atoms with E-state index in [1.807, 2.05) is 28.9 Å². The summed E-state index contributed by atoms with van der Waals surface area (Å²) in [4.78, 5) is 10.9. The van der Waals surface area contributed by atoms with Gasteiger partial charge in [-0.3, -0.25) is 4.68 Å². The summed E-state index contributed by atoms with van der Waals surface area (Å²) < 4.78 is 7.81. The van der Waals surface area contributed by atoms with Crippen molar-refractivity contribution in [2.75, 3.05) is 11.4 Å². The minimum absolute atomic E-state index is 0.355. The van der Waals surface area contributed by atoms with Crippen LogP contribution in [-0.2, 0) is 6.54 Å². The third kappa shape index (κ3) is 2.37. The van der Waals surface area contributed by atoms with Crippen LogP contribution in [0, 0.1) is 0 Å². The number of oxazole rings is 1. The van der Waals surface area contributed by atoms with Gasteiger partial charge in [0.05, 0.1) is 12.6 Å². The second-order valence-electron chi connectivity index (χ2n) is 5.42. The van der Waals surface area contributed by atoms with Crippen LogP contribution in [0.2, 0.25) is 0 Å². The number of hydrogen-bond acceptors (Lipinski definition) is 5. The van der Waals surface area contributed by atoms with Crippen LogP contribution in [0.25, 0.3) is 11.1 Å². The number of nitrogens with zero attached hydrogens (tertiary/aromatic N) is 5. The molecular formula is C15H17N5O. The van der Waals surface area contributed by atoms with Crippen LogP contribution >= 0.6 is 0 Å². The Bertz CT molecular complexity index is 688. The van der Waals surface area contributed by atoms with Crippen LogP contribution in [0.3, 0.4) is 0 Å². The van der Waals surface area contributed by atoms with E-state index in [9.17, 15) is 0 Å². The van der Waals surface area contributed by atoms with Crippen molar-refractivity contribution < 1.29 is 4.42 Å². The van der Waals surface area contributed by atoms with E-state index in [1.54, 1.807) is 12.7 Å². The molecule has 0 saturated carbocycles. The van der Waals surface area contributed by atoms with E-state index in [2.05, 4.69) is 20.0 Å². The molecule has 21 heavy (non-hydrogen) atoms. The minimum atomic E-state index is 0.355. The number of rotatable bonds is 3. The Kier molecular flexibility index (Phi) is 3.06. The molecule has 3 aromatic rings. The van der Waals surface area contributed by atoms with Gasteiger partial charge in [0.1, 0.15) is 18.2 Å². The van der Waals surface area contributed by atoms with E-state index < -0.39 is 0 Å². The summed E-state index contributed by atoms with van der Waals surface area (Å²) >= 11 is 0. The molecule has 0 unspecified atom stereocenters. The topological polar surface area (TPSA) is 60.0 Å². The number of aromatic nitrogens is 4. The second kappa shape index (κ2) is 5.20. The lowest BCUT2D eigenvalue weighted by molar-refractivity contribution is 0.376. The number of para-hydroxylation sites is 2. The Morgan fingerprint density at radius 1 is 1.24 bits per heavy atom. The van der Waals surface area contributed by atoms with Crippen LogP contribution in [0.5, 0.6) is 0 Å². The molecule has 0 N–H and O–H groups in total.